The Labute approximate surface area is 367 Å². The SMILES string of the molecule is C1=CCC(C2CC(c3ccc(-n4c5c(c6c4CCC=C6)CCC(c4ccc6c7c(n(-c8cccc(C9=CCCC=C9)c8)c6c4)CCC=C7)=C5)cc3)=CC(c3ccccc3)C2)C=C1. The zero-order valence-corrected chi connectivity index (χ0v) is 35.6. The van der Waals surface area contributed by atoms with Gasteiger partial charge in [-0.15, -0.1) is 0 Å². The highest BCUT2D eigenvalue weighted by atomic mass is 15.0. The average Bonchev–Trinajstić information content (AvgIpc) is 3.87. The molecular weight excluding hydrogens is 749 g/mol. The van der Waals surface area contributed by atoms with Gasteiger partial charge in [-0.25, -0.2) is 0 Å². The molecule has 6 aromatic rings. The average molecular weight is 803 g/mol. The van der Waals surface area contributed by atoms with Crippen molar-refractivity contribution in [2.24, 2.45) is 11.8 Å². The highest BCUT2D eigenvalue weighted by molar-refractivity contribution is 5.97. The second-order valence-corrected chi connectivity index (χ2v) is 18.4. The van der Waals surface area contributed by atoms with Crippen molar-refractivity contribution < 1.29 is 0 Å². The molecule has 0 amide bonds. The Morgan fingerprint density at radius 3 is 2.21 bits per heavy atom. The van der Waals surface area contributed by atoms with Crippen molar-refractivity contribution in [3.05, 3.63) is 214 Å². The van der Waals surface area contributed by atoms with Gasteiger partial charge in [0.1, 0.15) is 0 Å². The van der Waals surface area contributed by atoms with Crippen molar-refractivity contribution in [1.82, 2.24) is 9.13 Å². The topological polar surface area (TPSA) is 9.86 Å². The van der Waals surface area contributed by atoms with Crippen molar-refractivity contribution in [2.45, 2.75) is 76.5 Å². The van der Waals surface area contributed by atoms with Crippen molar-refractivity contribution in [3.8, 4) is 11.4 Å². The van der Waals surface area contributed by atoms with Crippen molar-refractivity contribution in [2.75, 3.05) is 0 Å². The Bertz CT molecular complexity index is 2980. The fourth-order valence-corrected chi connectivity index (χ4v) is 11.7. The second kappa shape index (κ2) is 15.8. The molecule has 0 fully saturated rings. The van der Waals surface area contributed by atoms with Crippen LogP contribution in [0.1, 0.15) is 113 Å². The number of allylic oxidation sites excluding steroid dienone is 13. The van der Waals surface area contributed by atoms with Gasteiger partial charge in [0.05, 0.1) is 5.52 Å². The van der Waals surface area contributed by atoms with E-state index in [2.05, 4.69) is 185 Å². The molecule has 6 aliphatic carbocycles. The largest absolute Gasteiger partial charge is 0.313 e. The molecule has 12 rings (SSSR count). The van der Waals surface area contributed by atoms with Crippen molar-refractivity contribution >= 4 is 45.9 Å². The van der Waals surface area contributed by atoms with Gasteiger partial charge in [-0.1, -0.05) is 140 Å². The van der Waals surface area contributed by atoms with Crippen LogP contribution in [0.5, 0.6) is 0 Å². The normalized spacial score (nSPS) is 21.3. The fourth-order valence-electron chi connectivity index (χ4n) is 11.7. The predicted molar refractivity (Wildman–Crippen MR) is 263 cm³/mol. The minimum absolute atomic E-state index is 0.438. The van der Waals surface area contributed by atoms with Gasteiger partial charge < -0.3 is 9.13 Å². The van der Waals surface area contributed by atoms with E-state index in [1.165, 1.54) is 101 Å². The molecule has 0 aliphatic heterocycles. The molecule has 0 bridgehead atoms. The van der Waals surface area contributed by atoms with Gasteiger partial charge in [-0.05, 0) is 169 Å². The van der Waals surface area contributed by atoms with E-state index in [-0.39, 0.29) is 0 Å². The monoisotopic (exact) mass is 802 g/mol. The van der Waals surface area contributed by atoms with Crippen molar-refractivity contribution in [3.63, 3.8) is 0 Å². The summed E-state index contributed by atoms with van der Waals surface area (Å²) in [5.74, 6) is 1.67. The Morgan fingerprint density at radius 2 is 1.39 bits per heavy atom. The minimum atomic E-state index is 0.438. The van der Waals surface area contributed by atoms with Crippen LogP contribution in [-0.4, -0.2) is 9.13 Å². The van der Waals surface area contributed by atoms with Gasteiger partial charge >= 0.3 is 0 Å². The Hall–Kier alpha value is -6.38. The Morgan fingerprint density at radius 1 is 0.565 bits per heavy atom. The zero-order valence-electron chi connectivity index (χ0n) is 35.6. The Kier molecular flexibility index (Phi) is 9.54. The van der Waals surface area contributed by atoms with Crippen LogP contribution in [0.25, 0.3) is 57.2 Å². The first-order chi connectivity index (χ1) is 30.7. The highest BCUT2D eigenvalue weighted by Crippen LogP contribution is 2.45. The number of fused-ring (bicyclic) bond motifs is 6. The minimum Gasteiger partial charge on any atom is -0.313 e. The maximum absolute atomic E-state index is 2.62. The summed E-state index contributed by atoms with van der Waals surface area (Å²) in [6.45, 7) is 0. The number of hydrogen-bond acceptors (Lipinski definition) is 0. The molecule has 2 aromatic heterocycles. The van der Waals surface area contributed by atoms with Crippen LogP contribution in [-0.2, 0) is 19.3 Å². The Balaban J connectivity index is 0.922. The number of aromatic nitrogens is 2. The molecule has 2 heteroatoms. The first-order valence-corrected chi connectivity index (χ1v) is 23.4. The van der Waals surface area contributed by atoms with Crippen molar-refractivity contribution in [1.29, 1.82) is 0 Å². The van der Waals surface area contributed by atoms with Crippen LogP contribution in [0, 0.1) is 11.8 Å². The lowest BCUT2D eigenvalue weighted by Crippen LogP contribution is -2.20. The van der Waals surface area contributed by atoms with E-state index in [4.69, 9.17) is 0 Å². The lowest BCUT2D eigenvalue weighted by molar-refractivity contribution is 0.353. The number of hydrogen-bond donors (Lipinski definition) is 0. The van der Waals surface area contributed by atoms with E-state index >= 15 is 0 Å². The van der Waals surface area contributed by atoms with Crippen LogP contribution in [0.3, 0.4) is 0 Å². The van der Waals surface area contributed by atoms with Crippen LogP contribution in [0.2, 0.25) is 0 Å². The second-order valence-electron chi connectivity index (χ2n) is 18.4. The number of nitrogens with zero attached hydrogens (tertiary/aromatic N) is 2. The molecule has 4 aromatic carbocycles. The summed E-state index contributed by atoms with van der Waals surface area (Å²) in [6, 6.07) is 37.4. The van der Waals surface area contributed by atoms with Gasteiger partial charge in [-0.3, -0.25) is 0 Å². The summed E-state index contributed by atoms with van der Waals surface area (Å²) in [6.07, 6.45) is 43.1. The molecule has 0 radical (unpaired) electrons. The van der Waals surface area contributed by atoms with Gasteiger partial charge in [0.25, 0.3) is 0 Å². The molecule has 62 heavy (non-hydrogen) atoms. The van der Waals surface area contributed by atoms with E-state index in [1.54, 1.807) is 0 Å². The maximum Gasteiger partial charge on any atom is 0.0543 e. The molecule has 0 N–H and O–H groups in total. The summed E-state index contributed by atoms with van der Waals surface area (Å²) in [4.78, 5) is 0. The molecule has 3 unspecified atom stereocenters. The molecule has 0 spiro atoms. The molecule has 2 nitrogen and oxygen atoms in total. The predicted octanol–water partition coefficient (Wildman–Crippen LogP) is 15.3. The summed E-state index contributed by atoms with van der Waals surface area (Å²) in [5.41, 5.74) is 22.2. The van der Waals surface area contributed by atoms with Crippen LogP contribution >= 0.6 is 0 Å². The molecule has 2 heterocycles. The van der Waals surface area contributed by atoms with E-state index in [0.29, 0.717) is 17.8 Å². The standard InChI is InChI=1S/C60H54N2/c1-4-15-41(16-5-1)45-21-14-22-52(38-45)62-58-26-13-11-24-54(58)56-34-30-47(40-60(56)62)46-29-33-55-53-23-10-12-25-57(53)61(59(55)39-46)51-31-27-44(28-32-51)50-36-48(42-17-6-2-7-18-42)35-49(37-50)43-19-8-3-9-20-43/h2-4,6-11,14-19,21-24,27-28,30-32,34,36,38-40,43,48-49H,1,5,12-13,20,25-26,29,33,35,37H2. The lowest BCUT2D eigenvalue weighted by Gasteiger charge is -2.34. The smallest absolute Gasteiger partial charge is 0.0543 e. The quantitative estimate of drug-likeness (QED) is 0.152. The molecule has 6 aliphatic rings. The van der Waals surface area contributed by atoms with Gasteiger partial charge in [0.15, 0.2) is 0 Å². The van der Waals surface area contributed by atoms with E-state index in [0.717, 1.165) is 64.2 Å². The third kappa shape index (κ3) is 6.63. The first-order valence-electron chi connectivity index (χ1n) is 23.4. The van der Waals surface area contributed by atoms with Crippen LogP contribution in [0.4, 0.5) is 0 Å². The lowest BCUT2D eigenvalue weighted by atomic mass is 9.71. The number of rotatable bonds is 7. The molecular formula is C60H54N2. The summed E-state index contributed by atoms with van der Waals surface area (Å²) in [7, 11) is 0. The maximum atomic E-state index is 2.62. The van der Waals surface area contributed by atoms with Gasteiger partial charge in [0, 0.05) is 45.3 Å². The third-order valence-corrected chi connectivity index (χ3v) is 14.8. The summed E-state index contributed by atoms with van der Waals surface area (Å²) in [5, 5.41) is 1.35. The highest BCUT2D eigenvalue weighted by Gasteiger charge is 2.30. The molecule has 304 valence electrons. The van der Waals surface area contributed by atoms with E-state index < -0.39 is 0 Å². The molecule has 0 saturated heterocycles. The molecule has 3 atom stereocenters. The summed E-state index contributed by atoms with van der Waals surface area (Å²) < 4.78 is 5.19. The fraction of sp³-hybridized carbons (Fsp3) is 0.233. The van der Waals surface area contributed by atoms with Gasteiger partial charge in [-0.2, -0.15) is 0 Å². The molecule has 0 saturated carbocycles. The van der Waals surface area contributed by atoms with Crippen LogP contribution in [0.15, 0.2) is 158 Å². The van der Waals surface area contributed by atoms with E-state index in [9.17, 15) is 0 Å². The first kappa shape index (κ1) is 37.4. The van der Waals surface area contributed by atoms with Crippen LogP contribution < -0.4 is 0 Å². The van der Waals surface area contributed by atoms with E-state index in [1.807, 2.05) is 0 Å². The van der Waals surface area contributed by atoms with Gasteiger partial charge in [0.2, 0.25) is 0 Å². The zero-order chi connectivity index (χ0) is 41.0. The summed E-state index contributed by atoms with van der Waals surface area (Å²) >= 11 is 0. The number of benzene rings is 4. The third-order valence-electron chi connectivity index (χ3n) is 14.8.